The van der Waals surface area contributed by atoms with Crippen LogP contribution in [0, 0.1) is 11.3 Å². The summed E-state index contributed by atoms with van der Waals surface area (Å²) in [6.45, 7) is 0.231. The van der Waals surface area contributed by atoms with Gasteiger partial charge in [0, 0.05) is 10.0 Å². The number of nitrogens with one attached hydrogen (secondary N) is 1. The highest BCUT2D eigenvalue weighted by molar-refractivity contribution is 9.10. The Morgan fingerprint density at radius 1 is 1.00 bits per heavy atom. The molecule has 1 aliphatic heterocycles. The van der Waals surface area contributed by atoms with Crippen molar-refractivity contribution < 1.29 is 19.1 Å². The summed E-state index contributed by atoms with van der Waals surface area (Å²) in [4.78, 5) is 38.5. The van der Waals surface area contributed by atoms with Crippen LogP contribution in [0.4, 0.5) is 10.5 Å². The van der Waals surface area contributed by atoms with Crippen molar-refractivity contribution in [1.29, 1.82) is 5.26 Å². The van der Waals surface area contributed by atoms with Crippen LogP contribution >= 0.6 is 15.9 Å². The Morgan fingerprint density at radius 2 is 1.76 bits per heavy atom. The highest BCUT2D eigenvalue weighted by Crippen LogP contribution is 2.25. The molecule has 1 heterocycles. The van der Waals surface area contributed by atoms with E-state index in [9.17, 15) is 19.6 Å². The second-order valence-corrected chi connectivity index (χ2v) is 7.98. The second kappa shape index (κ2) is 9.51. The van der Waals surface area contributed by atoms with Crippen LogP contribution in [0.2, 0.25) is 0 Å². The lowest BCUT2D eigenvalue weighted by Gasteiger charge is -2.26. The number of halogens is 1. The van der Waals surface area contributed by atoms with Crippen molar-refractivity contribution in [3.05, 3.63) is 99.5 Å². The second-order valence-electron chi connectivity index (χ2n) is 7.06. The first-order valence-corrected chi connectivity index (χ1v) is 10.6. The molecular weight excluding hydrogens is 486 g/mol. The van der Waals surface area contributed by atoms with Crippen LogP contribution in [0.25, 0.3) is 6.08 Å². The number of imide groups is 2. The first-order valence-electron chi connectivity index (χ1n) is 9.84. The maximum atomic E-state index is 13.0. The predicted octanol–water partition coefficient (Wildman–Crippen LogP) is 4.57. The Bertz CT molecular complexity index is 1330. The molecule has 3 aromatic rings. The largest absolute Gasteiger partial charge is 0.489 e. The smallest absolute Gasteiger partial charge is 0.335 e. The van der Waals surface area contributed by atoms with Crippen LogP contribution in [-0.4, -0.2) is 17.8 Å². The Kier molecular flexibility index (Phi) is 6.33. The Balaban J connectivity index is 1.53. The zero-order chi connectivity index (χ0) is 23.4. The van der Waals surface area contributed by atoms with E-state index in [2.05, 4.69) is 27.3 Å². The molecule has 1 N–H and O–H groups in total. The molecule has 0 saturated carbocycles. The van der Waals surface area contributed by atoms with E-state index in [1.54, 1.807) is 60.7 Å². The van der Waals surface area contributed by atoms with Crippen molar-refractivity contribution in [2.75, 3.05) is 4.90 Å². The molecule has 0 radical (unpaired) electrons. The summed E-state index contributed by atoms with van der Waals surface area (Å²) >= 11 is 3.31. The van der Waals surface area contributed by atoms with Crippen LogP contribution < -0.4 is 15.0 Å². The lowest BCUT2D eigenvalue weighted by Crippen LogP contribution is -2.54. The number of nitriles is 1. The van der Waals surface area contributed by atoms with Crippen LogP contribution in [-0.2, 0) is 16.2 Å². The number of anilines is 1. The fourth-order valence-electron chi connectivity index (χ4n) is 3.25. The number of hydrogen-bond donors (Lipinski definition) is 1. The summed E-state index contributed by atoms with van der Waals surface area (Å²) < 4.78 is 6.44. The molecule has 3 aromatic carbocycles. The van der Waals surface area contributed by atoms with E-state index in [0.29, 0.717) is 27.0 Å². The number of nitrogens with zero attached hydrogens (tertiary/aromatic N) is 2. The Hall–Kier alpha value is -4.22. The SMILES string of the molecule is N#Cc1ccccc1COc1ccc(/C=C2\C(=O)NC(=O)N(c3cccc(Br)c3)C2=O)cc1. The third-order valence-electron chi connectivity index (χ3n) is 4.89. The third kappa shape index (κ3) is 4.84. The van der Waals surface area contributed by atoms with E-state index >= 15 is 0 Å². The van der Waals surface area contributed by atoms with Crippen molar-refractivity contribution in [3.63, 3.8) is 0 Å². The van der Waals surface area contributed by atoms with Gasteiger partial charge in [0.2, 0.25) is 0 Å². The van der Waals surface area contributed by atoms with E-state index in [-0.39, 0.29) is 12.2 Å². The normalized spacial score (nSPS) is 14.7. The lowest BCUT2D eigenvalue weighted by molar-refractivity contribution is -0.122. The Labute approximate surface area is 198 Å². The van der Waals surface area contributed by atoms with Crippen molar-refractivity contribution in [2.24, 2.45) is 0 Å². The van der Waals surface area contributed by atoms with Gasteiger partial charge in [-0.25, -0.2) is 9.69 Å². The minimum Gasteiger partial charge on any atom is -0.489 e. The monoisotopic (exact) mass is 501 g/mol. The van der Waals surface area contributed by atoms with Crippen LogP contribution in [0.15, 0.2) is 82.8 Å². The molecule has 0 atom stereocenters. The van der Waals surface area contributed by atoms with Gasteiger partial charge < -0.3 is 4.74 Å². The van der Waals surface area contributed by atoms with Crippen LogP contribution in [0.3, 0.4) is 0 Å². The summed E-state index contributed by atoms with van der Waals surface area (Å²) in [6, 6.07) is 21.9. The van der Waals surface area contributed by atoms with Gasteiger partial charge in [0.15, 0.2) is 0 Å². The van der Waals surface area contributed by atoms with Gasteiger partial charge in [0.25, 0.3) is 11.8 Å². The van der Waals surface area contributed by atoms with E-state index in [0.717, 1.165) is 10.5 Å². The summed E-state index contributed by atoms with van der Waals surface area (Å²) in [5, 5.41) is 11.4. The first kappa shape index (κ1) is 22.0. The summed E-state index contributed by atoms with van der Waals surface area (Å²) in [7, 11) is 0. The minimum absolute atomic E-state index is 0.161. The lowest BCUT2D eigenvalue weighted by atomic mass is 10.1. The molecule has 0 aromatic heterocycles. The molecule has 1 saturated heterocycles. The molecule has 1 fully saturated rings. The number of urea groups is 1. The minimum atomic E-state index is -0.804. The van der Waals surface area contributed by atoms with Crippen molar-refractivity contribution >= 4 is 45.5 Å². The van der Waals surface area contributed by atoms with E-state index in [4.69, 9.17) is 4.74 Å². The third-order valence-corrected chi connectivity index (χ3v) is 5.38. The zero-order valence-electron chi connectivity index (χ0n) is 17.1. The fourth-order valence-corrected chi connectivity index (χ4v) is 3.64. The summed E-state index contributed by atoms with van der Waals surface area (Å²) in [6.07, 6.45) is 1.42. The van der Waals surface area contributed by atoms with Gasteiger partial charge in [-0.15, -0.1) is 0 Å². The van der Waals surface area contributed by atoms with E-state index in [1.165, 1.54) is 6.08 Å². The first-order chi connectivity index (χ1) is 16.0. The molecular formula is C25H16BrN3O4. The number of benzene rings is 3. The molecule has 162 valence electrons. The van der Waals surface area contributed by atoms with E-state index in [1.807, 2.05) is 12.1 Å². The Morgan fingerprint density at radius 3 is 2.48 bits per heavy atom. The van der Waals surface area contributed by atoms with Gasteiger partial charge >= 0.3 is 6.03 Å². The van der Waals surface area contributed by atoms with Gasteiger partial charge in [0.1, 0.15) is 17.9 Å². The quantitative estimate of drug-likeness (QED) is 0.407. The van der Waals surface area contributed by atoms with Crippen LogP contribution in [0.1, 0.15) is 16.7 Å². The number of ether oxygens (including phenoxy) is 1. The van der Waals surface area contributed by atoms with Gasteiger partial charge in [-0.2, -0.15) is 5.26 Å². The van der Waals surface area contributed by atoms with E-state index < -0.39 is 17.8 Å². The molecule has 1 aliphatic rings. The molecule has 0 aliphatic carbocycles. The number of hydrogen-bond acceptors (Lipinski definition) is 5. The van der Waals surface area contributed by atoms with Gasteiger partial charge in [-0.3, -0.25) is 14.9 Å². The van der Waals surface area contributed by atoms with Gasteiger partial charge in [-0.05, 0) is 48.0 Å². The molecule has 7 nitrogen and oxygen atoms in total. The number of carbonyl (C=O) groups excluding carboxylic acids is 3. The molecule has 33 heavy (non-hydrogen) atoms. The average molecular weight is 502 g/mol. The number of amides is 4. The predicted molar refractivity (Wildman–Crippen MR) is 125 cm³/mol. The molecule has 8 heteroatoms. The fraction of sp³-hybridized carbons (Fsp3) is 0.0400. The maximum absolute atomic E-state index is 13.0. The van der Waals surface area contributed by atoms with Crippen molar-refractivity contribution in [3.8, 4) is 11.8 Å². The molecule has 0 unspecified atom stereocenters. The zero-order valence-corrected chi connectivity index (χ0v) is 18.7. The maximum Gasteiger partial charge on any atom is 0.335 e. The number of barbiturate groups is 1. The van der Waals surface area contributed by atoms with Crippen molar-refractivity contribution in [2.45, 2.75) is 6.61 Å². The molecule has 4 amide bonds. The van der Waals surface area contributed by atoms with Crippen molar-refractivity contribution in [1.82, 2.24) is 5.32 Å². The topological polar surface area (TPSA) is 99.5 Å². The molecule has 0 spiro atoms. The summed E-state index contributed by atoms with van der Waals surface area (Å²) in [5.74, 6) is -0.907. The highest BCUT2D eigenvalue weighted by atomic mass is 79.9. The molecule has 0 bridgehead atoms. The standard InChI is InChI=1S/C25H16BrN3O4/c26-19-6-3-7-20(13-19)29-24(31)22(23(30)28-25(29)32)12-16-8-10-21(11-9-16)33-15-18-5-2-1-4-17(18)14-27/h1-13H,15H2,(H,28,30,32)/b22-12+. The van der Waals surface area contributed by atoms with Gasteiger partial charge in [-0.1, -0.05) is 52.3 Å². The summed E-state index contributed by atoms with van der Waals surface area (Å²) in [5.41, 5.74) is 2.08. The number of rotatable bonds is 5. The van der Waals surface area contributed by atoms with Gasteiger partial charge in [0.05, 0.1) is 17.3 Å². The number of carbonyl (C=O) groups is 3. The van der Waals surface area contributed by atoms with Crippen LogP contribution in [0.5, 0.6) is 5.75 Å². The average Bonchev–Trinajstić information content (AvgIpc) is 2.81. The molecule has 4 rings (SSSR count). The highest BCUT2D eigenvalue weighted by Gasteiger charge is 2.36.